The highest BCUT2D eigenvalue weighted by molar-refractivity contribution is 5.85. The van der Waals surface area contributed by atoms with Crippen LogP contribution in [0.15, 0.2) is 24.3 Å². The number of esters is 1. The molecular formula is C17H23NO3. The lowest BCUT2D eigenvalue weighted by atomic mass is 9.98. The van der Waals surface area contributed by atoms with Gasteiger partial charge < -0.3 is 9.64 Å². The highest BCUT2D eigenvalue weighted by atomic mass is 16.5. The topological polar surface area (TPSA) is 46.6 Å². The van der Waals surface area contributed by atoms with E-state index in [1.165, 1.54) is 10.5 Å². The lowest BCUT2D eigenvalue weighted by Crippen LogP contribution is -2.46. The number of likely N-dealkylation sites (N-methyl/N-ethyl adjacent to an activating group) is 1. The van der Waals surface area contributed by atoms with Gasteiger partial charge in [-0.3, -0.25) is 4.79 Å². The average molecular weight is 289 g/mol. The second-order valence-electron chi connectivity index (χ2n) is 5.87. The minimum absolute atomic E-state index is 0.0192. The molecule has 1 atom stereocenters. The first-order valence-electron chi connectivity index (χ1n) is 7.50. The lowest BCUT2D eigenvalue weighted by molar-refractivity contribution is -0.157. The van der Waals surface area contributed by atoms with Crippen LogP contribution in [0.5, 0.6) is 0 Å². The van der Waals surface area contributed by atoms with Gasteiger partial charge in [0.2, 0.25) is 5.91 Å². The molecule has 0 saturated carbocycles. The van der Waals surface area contributed by atoms with Gasteiger partial charge in [0.05, 0.1) is 0 Å². The van der Waals surface area contributed by atoms with E-state index < -0.39 is 6.04 Å². The second-order valence-corrected chi connectivity index (χ2v) is 5.87. The molecule has 1 unspecified atom stereocenters. The number of benzene rings is 1. The molecule has 1 fully saturated rings. The van der Waals surface area contributed by atoms with Gasteiger partial charge in [-0.05, 0) is 29.9 Å². The normalized spacial score (nSPS) is 19.0. The molecule has 1 aromatic rings. The number of likely N-dealkylation sites (tertiary alicyclic amines) is 1. The molecule has 114 valence electrons. The van der Waals surface area contributed by atoms with Crippen LogP contribution in [-0.2, 0) is 20.9 Å². The molecular weight excluding hydrogens is 266 g/mol. The zero-order valence-corrected chi connectivity index (χ0v) is 13.0. The summed E-state index contributed by atoms with van der Waals surface area (Å²) in [5, 5.41) is 0. The minimum Gasteiger partial charge on any atom is -0.459 e. The van der Waals surface area contributed by atoms with Crippen molar-refractivity contribution in [3.05, 3.63) is 35.4 Å². The third-order valence-electron chi connectivity index (χ3n) is 4.05. The first-order valence-corrected chi connectivity index (χ1v) is 7.50. The van der Waals surface area contributed by atoms with Crippen molar-refractivity contribution in [1.82, 2.24) is 4.90 Å². The molecule has 2 rings (SSSR count). The molecule has 0 bridgehead atoms. The van der Waals surface area contributed by atoms with Crippen LogP contribution in [0.1, 0.15) is 50.2 Å². The first-order chi connectivity index (χ1) is 10.0. The Morgan fingerprint density at radius 2 is 2.10 bits per heavy atom. The van der Waals surface area contributed by atoms with Crippen LogP contribution in [0.25, 0.3) is 0 Å². The van der Waals surface area contributed by atoms with Crippen molar-refractivity contribution in [2.75, 3.05) is 7.05 Å². The predicted octanol–water partition coefficient (Wildman–Crippen LogP) is 2.86. The number of carbonyl (C=O) groups excluding carboxylic acids is 2. The van der Waals surface area contributed by atoms with Crippen LogP contribution in [0.2, 0.25) is 0 Å². The van der Waals surface area contributed by atoms with Crippen molar-refractivity contribution in [2.45, 2.75) is 51.7 Å². The molecule has 1 aliphatic rings. The average Bonchev–Trinajstić information content (AvgIpc) is 2.47. The van der Waals surface area contributed by atoms with Gasteiger partial charge >= 0.3 is 5.97 Å². The van der Waals surface area contributed by atoms with E-state index in [4.69, 9.17) is 4.74 Å². The van der Waals surface area contributed by atoms with Gasteiger partial charge in [-0.25, -0.2) is 4.79 Å². The monoisotopic (exact) mass is 289 g/mol. The van der Waals surface area contributed by atoms with Crippen LogP contribution >= 0.6 is 0 Å². The zero-order chi connectivity index (χ0) is 15.4. The molecule has 1 heterocycles. The van der Waals surface area contributed by atoms with Crippen LogP contribution in [-0.4, -0.2) is 29.9 Å². The Labute approximate surface area is 126 Å². The van der Waals surface area contributed by atoms with E-state index in [0.29, 0.717) is 18.8 Å². The maximum absolute atomic E-state index is 12.2. The summed E-state index contributed by atoms with van der Waals surface area (Å²) in [5.74, 6) is 0.105. The summed E-state index contributed by atoms with van der Waals surface area (Å²) in [5.41, 5.74) is 2.23. The Kier molecular flexibility index (Phi) is 4.99. The number of piperidine rings is 1. The standard InChI is InChI=1S/C17H23NO3/c1-12(2)14-8-5-4-7-13(14)11-21-17(20)15-9-6-10-16(19)18(15)3/h4-5,7-8,12,15H,6,9-11H2,1-3H3. The highest BCUT2D eigenvalue weighted by Crippen LogP contribution is 2.21. The number of carbonyl (C=O) groups is 2. The molecule has 0 spiro atoms. The molecule has 4 nitrogen and oxygen atoms in total. The molecule has 1 amide bonds. The Hall–Kier alpha value is -1.84. The van der Waals surface area contributed by atoms with Crippen molar-refractivity contribution < 1.29 is 14.3 Å². The Bertz CT molecular complexity index is 525. The summed E-state index contributed by atoms with van der Waals surface area (Å²) >= 11 is 0. The minimum atomic E-state index is -0.433. The fourth-order valence-electron chi connectivity index (χ4n) is 2.74. The Balaban J connectivity index is 2.00. The van der Waals surface area contributed by atoms with Crippen molar-refractivity contribution >= 4 is 11.9 Å². The van der Waals surface area contributed by atoms with Gasteiger partial charge in [-0.15, -0.1) is 0 Å². The fraction of sp³-hybridized carbons (Fsp3) is 0.529. The van der Waals surface area contributed by atoms with E-state index in [9.17, 15) is 9.59 Å². The molecule has 1 saturated heterocycles. The number of nitrogens with zero attached hydrogens (tertiary/aromatic N) is 1. The summed E-state index contributed by atoms with van der Waals surface area (Å²) in [6.45, 7) is 4.51. The van der Waals surface area contributed by atoms with E-state index in [0.717, 1.165) is 12.0 Å². The quantitative estimate of drug-likeness (QED) is 0.801. The zero-order valence-electron chi connectivity index (χ0n) is 13.0. The van der Waals surface area contributed by atoms with Crippen molar-refractivity contribution in [3.63, 3.8) is 0 Å². The SMILES string of the molecule is CC(C)c1ccccc1COC(=O)C1CCCC(=O)N1C. The summed E-state index contributed by atoms with van der Waals surface area (Å²) < 4.78 is 5.44. The second kappa shape index (κ2) is 6.74. The molecule has 1 aromatic carbocycles. The van der Waals surface area contributed by atoms with Crippen LogP contribution in [0.3, 0.4) is 0 Å². The molecule has 4 heteroatoms. The summed E-state index contributed by atoms with van der Waals surface area (Å²) in [7, 11) is 1.68. The first kappa shape index (κ1) is 15.5. The summed E-state index contributed by atoms with van der Waals surface area (Å²) in [6.07, 6.45) is 1.97. The van der Waals surface area contributed by atoms with Gasteiger partial charge in [0.25, 0.3) is 0 Å². The van der Waals surface area contributed by atoms with E-state index >= 15 is 0 Å². The van der Waals surface area contributed by atoms with Crippen LogP contribution in [0.4, 0.5) is 0 Å². The van der Waals surface area contributed by atoms with Crippen molar-refractivity contribution in [3.8, 4) is 0 Å². The molecule has 0 N–H and O–H groups in total. The van der Waals surface area contributed by atoms with E-state index in [-0.39, 0.29) is 18.5 Å². The number of amides is 1. The van der Waals surface area contributed by atoms with E-state index in [1.54, 1.807) is 7.05 Å². The highest BCUT2D eigenvalue weighted by Gasteiger charge is 2.31. The van der Waals surface area contributed by atoms with Gasteiger partial charge in [0.1, 0.15) is 12.6 Å². The van der Waals surface area contributed by atoms with Gasteiger partial charge in [-0.2, -0.15) is 0 Å². The summed E-state index contributed by atoms with van der Waals surface area (Å²) in [4.78, 5) is 25.4. The number of rotatable bonds is 4. The largest absolute Gasteiger partial charge is 0.459 e. The van der Waals surface area contributed by atoms with E-state index in [1.807, 2.05) is 18.2 Å². The van der Waals surface area contributed by atoms with E-state index in [2.05, 4.69) is 19.9 Å². The molecule has 1 aliphatic heterocycles. The maximum atomic E-state index is 12.2. The third kappa shape index (κ3) is 3.63. The fourth-order valence-corrected chi connectivity index (χ4v) is 2.74. The number of ether oxygens (including phenoxy) is 1. The number of hydrogen-bond acceptors (Lipinski definition) is 3. The summed E-state index contributed by atoms with van der Waals surface area (Å²) in [6, 6.07) is 7.56. The van der Waals surface area contributed by atoms with Gasteiger partial charge in [0, 0.05) is 13.5 Å². The number of hydrogen-bond donors (Lipinski definition) is 0. The Morgan fingerprint density at radius 1 is 1.38 bits per heavy atom. The maximum Gasteiger partial charge on any atom is 0.329 e. The molecule has 0 aromatic heterocycles. The Morgan fingerprint density at radius 3 is 2.81 bits per heavy atom. The molecule has 0 aliphatic carbocycles. The predicted molar refractivity (Wildman–Crippen MR) is 80.7 cm³/mol. The van der Waals surface area contributed by atoms with Crippen molar-refractivity contribution in [2.24, 2.45) is 0 Å². The van der Waals surface area contributed by atoms with Gasteiger partial charge in [0.15, 0.2) is 0 Å². The smallest absolute Gasteiger partial charge is 0.329 e. The van der Waals surface area contributed by atoms with Crippen molar-refractivity contribution in [1.29, 1.82) is 0 Å². The third-order valence-corrected chi connectivity index (χ3v) is 4.05. The van der Waals surface area contributed by atoms with Crippen LogP contribution < -0.4 is 0 Å². The van der Waals surface area contributed by atoms with Crippen LogP contribution in [0, 0.1) is 0 Å². The lowest BCUT2D eigenvalue weighted by Gasteiger charge is -2.30. The molecule has 0 radical (unpaired) electrons. The van der Waals surface area contributed by atoms with Gasteiger partial charge in [-0.1, -0.05) is 38.1 Å². The molecule has 21 heavy (non-hydrogen) atoms.